The molecule has 2 aromatic rings. The lowest BCUT2D eigenvalue weighted by atomic mass is 10.1. The molecule has 0 radical (unpaired) electrons. The number of hydrogen-bond acceptors (Lipinski definition) is 5. The van der Waals surface area contributed by atoms with Gasteiger partial charge >= 0.3 is 0 Å². The molecule has 1 aliphatic heterocycles. The molecular formula is C21H27N5O2. The standard InChI is InChI=1S/C21H27N5O2/c1-24(2)12-11-23-20(27)17-6-8-18(9-7-17)21(28)26-15-13-25(14-16-26)19-5-3-4-10-22-19/h3-10H,11-16H2,1-2H3,(H,23,27). The highest BCUT2D eigenvalue weighted by Gasteiger charge is 2.22. The number of nitrogens with zero attached hydrogens (tertiary/aromatic N) is 4. The molecule has 0 saturated carbocycles. The lowest BCUT2D eigenvalue weighted by molar-refractivity contribution is 0.0746. The smallest absolute Gasteiger partial charge is 0.253 e. The normalized spacial score (nSPS) is 14.2. The number of likely N-dealkylation sites (N-methyl/N-ethyl adjacent to an activating group) is 1. The van der Waals surface area contributed by atoms with Crippen LogP contribution in [0.15, 0.2) is 48.7 Å². The predicted octanol–water partition coefficient (Wildman–Crippen LogP) is 1.34. The summed E-state index contributed by atoms with van der Waals surface area (Å²) in [5.41, 5.74) is 1.17. The highest BCUT2D eigenvalue weighted by Crippen LogP contribution is 2.15. The van der Waals surface area contributed by atoms with Crippen molar-refractivity contribution in [3.05, 3.63) is 59.8 Å². The number of aromatic nitrogens is 1. The van der Waals surface area contributed by atoms with Gasteiger partial charge in [-0.15, -0.1) is 0 Å². The first kappa shape index (κ1) is 19.8. The maximum absolute atomic E-state index is 12.8. The molecule has 1 aromatic carbocycles. The molecule has 2 amide bonds. The van der Waals surface area contributed by atoms with Crippen molar-refractivity contribution in [1.29, 1.82) is 0 Å². The molecule has 7 heteroatoms. The average Bonchev–Trinajstić information content (AvgIpc) is 2.74. The van der Waals surface area contributed by atoms with Crippen LogP contribution in [0.1, 0.15) is 20.7 Å². The molecule has 0 spiro atoms. The first-order chi connectivity index (χ1) is 13.5. The van der Waals surface area contributed by atoms with Crippen LogP contribution in [0.25, 0.3) is 0 Å². The number of anilines is 1. The van der Waals surface area contributed by atoms with Crippen molar-refractivity contribution < 1.29 is 9.59 Å². The van der Waals surface area contributed by atoms with Crippen LogP contribution in [0, 0.1) is 0 Å². The Kier molecular flexibility index (Phi) is 6.60. The summed E-state index contributed by atoms with van der Waals surface area (Å²) in [6, 6.07) is 12.7. The second kappa shape index (κ2) is 9.32. The summed E-state index contributed by atoms with van der Waals surface area (Å²) in [6.45, 7) is 4.20. The molecule has 7 nitrogen and oxygen atoms in total. The monoisotopic (exact) mass is 381 g/mol. The molecule has 1 saturated heterocycles. The van der Waals surface area contributed by atoms with Gasteiger partial charge in [0.2, 0.25) is 0 Å². The summed E-state index contributed by atoms with van der Waals surface area (Å²) >= 11 is 0. The van der Waals surface area contributed by atoms with E-state index in [1.807, 2.05) is 42.1 Å². The molecule has 0 atom stereocenters. The lowest BCUT2D eigenvalue weighted by Gasteiger charge is -2.35. The predicted molar refractivity (Wildman–Crippen MR) is 110 cm³/mol. The second-order valence-electron chi connectivity index (χ2n) is 7.10. The van der Waals surface area contributed by atoms with E-state index < -0.39 is 0 Å². The Morgan fingerprint density at radius 2 is 1.68 bits per heavy atom. The number of benzene rings is 1. The van der Waals surface area contributed by atoms with Gasteiger partial charge in [0.15, 0.2) is 0 Å². The van der Waals surface area contributed by atoms with Crippen molar-refractivity contribution in [2.45, 2.75) is 0 Å². The maximum atomic E-state index is 12.8. The number of pyridine rings is 1. The fraction of sp³-hybridized carbons (Fsp3) is 0.381. The molecule has 0 bridgehead atoms. The molecule has 1 aromatic heterocycles. The Morgan fingerprint density at radius 3 is 2.29 bits per heavy atom. The van der Waals surface area contributed by atoms with Crippen LogP contribution < -0.4 is 10.2 Å². The Balaban J connectivity index is 1.53. The largest absolute Gasteiger partial charge is 0.353 e. The van der Waals surface area contributed by atoms with Crippen LogP contribution in [0.4, 0.5) is 5.82 Å². The minimum Gasteiger partial charge on any atom is -0.353 e. The Morgan fingerprint density at radius 1 is 1.00 bits per heavy atom. The van der Waals surface area contributed by atoms with Crippen molar-refractivity contribution in [2.75, 3.05) is 58.3 Å². The zero-order valence-electron chi connectivity index (χ0n) is 16.5. The number of nitrogens with one attached hydrogen (secondary N) is 1. The molecule has 1 N–H and O–H groups in total. The van der Waals surface area contributed by atoms with Gasteiger partial charge in [0, 0.05) is 56.6 Å². The number of carbonyl (C=O) groups is 2. The molecule has 3 rings (SSSR count). The van der Waals surface area contributed by atoms with Crippen LogP contribution in [0.3, 0.4) is 0 Å². The van der Waals surface area contributed by atoms with E-state index >= 15 is 0 Å². The molecule has 28 heavy (non-hydrogen) atoms. The van der Waals surface area contributed by atoms with E-state index in [1.165, 1.54) is 0 Å². The third-order valence-corrected chi connectivity index (χ3v) is 4.78. The first-order valence-electron chi connectivity index (χ1n) is 9.53. The zero-order chi connectivity index (χ0) is 19.9. The number of amides is 2. The van der Waals surface area contributed by atoms with E-state index in [4.69, 9.17) is 0 Å². The van der Waals surface area contributed by atoms with Gasteiger partial charge in [-0.25, -0.2) is 4.98 Å². The molecular weight excluding hydrogens is 354 g/mol. The summed E-state index contributed by atoms with van der Waals surface area (Å²) < 4.78 is 0. The van der Waals surface area contributed by atoms with Crippen LogP contribution in [-0.2, 0) is 0 Å². The minimum absolute atomic E-state index is 0.000219. The lowest BCUT2D eigenvalue weighted by Crippen LogP contribution is -2.49. The van der Waals surface area contributed by atoms with E-state index in [0.29, 0.717) is 30.8 Å². The van der Waals surface area contributed by atoms with Gasteiger partial charge in [-0.05, 0) is 50.5 Å². The fourth-order valence-electron chi connectivity index (χ4n) is 3.12. The fourth-order valence-corrected chi connectivity index (χ4v) is 3.12. The molecule has 148 valence electrons. The number of hydrogen-bond donors (Lipinski definition) is 1. The van der Waals surface area contributed by atoms with Gasteiger partial charge in [0.25, 0.3) is 11.8 Å². The van der Waals surface area contributed by atoms with Gasteiger partial charge in [-0.3, -0.25) is 9.59 Å². The van der Waals surface area contributed by atoms with Crippen molar-refractivity contribution in [1.82, 2.24) is 20.1 Å². The van der Waals surface area contributed by atoms with E-state index in [2.05, 4.69) is 15.2 Å². The highest BCUT2D eigenvalue weighted by molar-refractivity contribution is 5.97. The van der Waals surface area contributed by atoms with Crippen molar-refractivity contribution in [2.24, 2.45) is 0 Å². The summed E-state index contributed by atoms with van der Waals surface area (Å²) in [5.74, 6) is 0.823. The Hall–Kier alpha value is -2.93. The highest BCUT2D eigenvalue weighted by atomic mass is 16.2. The summed E-state index contributed by atoms with van der Waals surface area (Å²) in [6.07, 6.45) is 1.78. The summed E-state index contributed by atoms with van der Waals surface area (Å²) in [4.78, 5) is 35.3. The van der Waals surface area contributed by atoms with Crippen LogP contribution >= 0.6 is 0 Å². The average molecular weight is 381 g/mol. The topological polar surface area (TPSA) is 68.8 Å². The SMILES string of the molecule is CN(C)CCNC(=O)c1ccc(C(=O)N2CCN(c3ccccn3)CC2)cc1. The van der Waals surface area contributed by atoms with Gasteiger partial charge in [-0.2, -0.15) is 0 Å². The van der Waals surface area contributed by atoms with E-state index in [9.17, 15) is 9.59 Å². The number of rotatable bonds is 6. The first-order valence-corrected chi connectivity index (χ1v) is 9.53. The van der Waals surface area contributed by atoms with Gasteiger partial charge < -0.3 is 20.0 Å². The third-order valence-electron chi connectivity index (χ3n) is 4.78. The van der Waals surface area contributed by atoms with Crippen molar-refractivity contribution in [3.8, 4) is 0 Å². The summed E-state index contributed by atoms with van der Waals surface area (Å²) in [5, 5.41) is 2.88. The second-order valence-corrected chi connectivity index (χ2v) is 7.10. The maximum Gasteiger partial charge on any atom is 0.253 e. The quantitative estimate of drug-likeness (QED) is 0.818. The Bertz CT molecular complexity index is 784. The van der Waals surface area contributed by atoms with E-state index in [-0.39, 0.29) is 11.8 Å². The molecule has 1 fully saturated rings. The molecule has 2 heterocycles. The number of piperazine rings is 1. The van der Waals surface area contributed by atoms with Crippen LogP contribution in [-0.4, -0.2) is 80.0 Å². The van der Waals surface area contributed by atoms with Crippen molar-refractivity contribution >= 4 is 17.6 Å². The van der Waals surface area contributed by atoms with Crippen molar-refractivity contribution in [3.63, 3.8) is 0 Å². The Labute approximate surface area is 166 Å². The van der Waals surface area contributed by atoms with Gasteiger partial charge in [-0.1, -0.05) is 6.07 Å². The number of carbonyl (C=O) groups excluding carboxylic acids is 2. The molecule has 0 aliphatic carbocycles. The van der Waals surface area contributed by atoms with E-state index in [1.54, 1.807) is 30.5 Å². The molecule has 0 unspecified atom stereocenters. The minimum atomic E-state index is -0.121. The van der Waals surface area contributed by atoms with Crippen LogP contribution in [0.5, 0.6) is 0 Å². The zero-order valence-corrected chi connectivity index (χ0v) is 16.5. The summed E-state index contributed by atoms with van der Waals surface area (Å²) in [7, 11) is 3.92. The third kappa shape index (κ3) is 5.07. The van der Waals surface area contributed by atoms with E-state index in [0.717, 1.165) is 25.5 Å². The van der Waals surface area contributed by atoms with Crippen LogP contribution in [0.2, 0.25) is 0 Å². The van der Waals surface area contributed by atoms with Gasteiger partial charge in [0.1, 0.15) is 5.82 Å². The van der Waals surface area contributed by atoms with Gasteiger partial charge in [0.05, 0.1) is 0 Å². The molecule has 1 aliphatic rings.